The Morgan fingerprint density at radius 3 is 2.19 bits per heavy atom. The van der Waals surface area contributed by atoms with Crippen LogP contribution in [0.4, 0.5) is 0 Å². The third-order valence-electron chi connectivity index (χ3n) is 4.19. The normalized spacial score (nSPS) is 11.3. The van der Waals surface area contributed by atoms with Crippen LogP contribution in [-0.2, 0) is 5.41 Å². The van der Waals surface area contributed by atoms with Crippen molar-refractivity contribution in [2.75, 3.05) is 7.11 Å². The first-order valence-corrected chi connectivity index (χ1v) is 7.14. The number of benzene rings is 2. The van der Waals surface area contributed by atoms with E-state index in [-0.39, 0.29) is 5.78 Å². The van der Waals surface area contributed by atoms with Gasteiger partial charge in [0.15, 0.2) is 5.78 Å². The molecule has 0 aliphatic heterocycles. The fourth-order valence-electron chi connectivity index (χ4n) is 2.55. The lowest BCUT2D eigenvalue weighted by molar-refractivity contribution is 0.0905. The summed E-state index contributed by atoms with van der Waals surface area (Å²) in [5.41, 5.74) is 3.22. The molecule has 0 aliphatic carbocycles. The van der Waals surface area contributed by atoms with Gasteiger partial charge >= 0.3 is 0 Å². The summed E-state index contributed by atoms with van der Waals surface area (Å²) < 4.78 is 5.49. The van der Waals surface area contributed by atoms with Gasteiger partial charge in [-0.25, -0.2) is 0 Å². The molecule has 0 saturated heterocycles. The topological polar surface area (TPSA) is 26.3 Å². The van der Waals surface area contributed by atoms with Crippen LogP contribution in [0.25, 0.3) is 0 Å². The molecule has 0 atom stereocenters. The van der Waals surface area contributed by atoms with E-state index < -0.39 is 5.41 Å². The Labute approximate surface area is 126 Å². The number of hydrogen-bond donors (Lipinski definition) is 0. The summed E-state index contributed by atoms with van der Waals surface area (Å²) in [5, 5.41) is 0. The van der Waals surface area contributed by atoms with Crippen LogP contribution in [-0.4, -0.2) is 12.9 Å². The van der Waals surface area contributed by atoms with Crippen LogP contribution in [0.1, 0.15) is 40.9 Å². The summed E-state index contributed by atoms with van der Waals surface area (Å²) in [7, 11) is 1.62. The molecule has 0 N–H and O–H groups in total. The summed E-state index contributed by atoms with van der Waals surface area (Å²) in [6.07, 6.45) is 0. The quantitative estimate of drug-likeness (QED) is 0.773. The lowest BCUT2D eigenvalue weighted by Crippen LogP contribution is -2.29. The van der Waals surface area contributed by atoms with E-state index in [4.69, 9.17) is 4.74 Å². The fraction of sp³-hybridized carbons (Fsp3) is 0.316. The van der Waals surface area contributed by atoms with Gasteiger partial charge in [-0.15, -0.1) is 0 Å². The predicted octanol–water partition coefficient (Wildman–Crippen LogP) is 4.47. The molecule has 110 valence electrons. The number of ketones is 1. The molecule has 0 heterocycles. The third-order valence-corrected chi connectivity index (χ3v) is 4.19. The molecule has 0 saturated carbocycles. The SMILES string of the molecule is COc1c(C(=O)C(C)(C)c2ccccc2)ccc(C)c1C. The standard InChI is InChI=1S/C19H22O2/c1-13-11-12-16(17(21-5)14(13)2)18(20)19(3,4)15-9-7-6-8-10-15/h6-12H,1-5H3. The molecule has 2 aromatic rings. The Balaban J connectivity index is 2.52. The highest BCUT2D eigenvalue weighted by Gasteiger charge is 2.32. The minimum Gasteiger partial charge on any atom is -0.496 e. The van der Waals surface area contributed by atoms with E-state index in [1.165, 1.54) is 0 Å². The van der Waals surface area contributed by atoms with Gasteiger partial charge in [-0.2, -0.15) is 0 Å². The van der Waals surface area contributed by atoms with Crippen LogP contribution >= 0.6 is 0 Å². The van der Waals surface area contributed by atoms with Crippen molar-refractivity contribution in [3.05, 3.63) is 64.7 Å². The molecule has 2 nitrogen and oxygen atoms in total. The first-order chi connectivity index (χ1) is 9.89. The molecule has 0 fully saturated rings. The second kappa shape index (κ2) is 5.72. The number of aryl methyl sites for hydroxylation is 1. The van der Waals surface area contributed by atoms with Crippen LogP contribution in [0.15, 0.2) is 42.5 Å². The smallest absolute Gasteiger partial charge is 0.176 e. The first kappa shape index (κ1) is 15.3. The highest BCUT2D eigenvalue weighted by atomic mass is 16.5. The Morgan fingerprint density at radius 1 is 1.00 bits per heavy atom. The van der Waals surface area contributed by atoms with Gasteiger partial charge in [-0.1, -0.05) is 36.4 Å². The Morgan fingerprint density at radius 2 is 1.62 bits per heavy atom. The van der Waals surface area contributed by atoms with Crippen molar-refractivity contribution >= 4 is 5.78 Å². The van der Waals surface area contributed by atoms with Crippen molar-refractivity contribution in [1.82, 2.24) is 0 Å². The molecule has 0 unspecified atom stereocenters. The van der Waals surface area contributed by atoms with Gasteiger partial charge in [0, 0.05) is 0 Å². The molecule has 0 radical (unpaired) electrons. The lowest BCUT2D eigenvalue weighted by Gasteiger charge is -2.25. The number of methoxy groups -OCH3 is 1. The zero-order valence-electron chi connectivity index (χ0n) is 13.4. The molecular weight excluding hydrogens is 260 g/mol. The maximum Gasteiger partial charge on any atom is 0.176 e. The van der Waals surface area contributed by atoms with Crippen molar-refractivity contribution < 1.29 is 9.53 Å². The van der Waals surface area contributed by atoms with Gasteiger partial charge in [-0.3, -0.25) is 4.79 Å². The molecule has 2 heteroatoms. The zero-order valence-corrected chi connectivity index (χ0v) is 13.4. The lowest BCUT2D eigenvalue weighted by atomic mass is 9.77. The Hall–Kier alpha value is -2.09. The van der Waals surface area contributed by atoms with Crippen molar-refractivity contribution in [3.63, 3.8) is 0 Å². The maximum atomic E-state index is 13.0. The molecular formula is C19H22O2. The van der Waals surface area contributed by atoms with Crippen molar-refractivity contribution in [2.24, 2.45) is 0 Å². The number of hydrogen-bond acceptors (Lipinski definition) is 2. The molecule has 0 amide bonds. The van der Waals surface area contributed by atoms with Gasteiger partial charge in [0.2, 0.25) is 0 Å². The van der Waals surface area contributed by atoms with Gasteiger partial charge in [0.25, 0.3) is 0 Å². The van der Waals surface area contributed by atoms with Gasteiger partial charge < -0.3 is 4.74 Å². The van der Waals surface area contributed by atoms with E-state index >= 15 is 0 Å². The van der Waals surface area contributed by atoms with E-state index in [2.05, 4.69) is 0 Å². The molecule has 21 heavy (non-hydrogen) atoms. The zero-order chi connectivity index (χ0) is 15.6. The third kappa shape index (κ3) is 2.71. The molecule has 0 spiro atoms. The number of ether oxygens (including phenoxy) is 1. The van der Waals surface area contributed by atoms with Crippen LogP contribution in [0.3, 0.4) is 0 Å². The first-order valence-electron chi connectivity index (χ1n) is 7.14. The minimum atomic E-state index is -0.587. The maximum absolute atomic E-state index is 13.0. The van der Waals surface area contributed by atoms with Crippen LogP contribution in [0.2, 0.25) is 0 Å². The van der Waals surface area contributed by atoms with Gasteiger partial charge in [0.05, 0.1) is 18.1 Å². The Kier molecular flexibility index (Phi) is 4.17. The molecule has 0 aliphatic rings. The number of rotatable bonds is 4. The summed E-state index contributed by atoms with van der Waals surface area (Å²) in [4.78, 5) is 13.0. The fourth-order valence-corrected chi connectivity index (χ4v) is 2.55. The average Bonchev–Trinajstić information content (AvgIpc) is 2.50. The molecule has 2 rings (SSSR count). The summed E-state index contributed by atoms with van der Waals surface area (Å²) in [5.74, 6) is 0.762. The summed E-state index contributed by atoms with van der Waals surface area (Å²) in [6.45, 7) is 7.92. The number of carbonyl (C=O) groups excluding carboxylic acids is 1. The van der Waals surface area contributed by atoms with Crippen molar-refractivity contribution in [2.45, 2.75) is 33.1 Å². The molecule has 0 bridgehead atoms. The van der Waals surface area contributed by atoms with E-state index in [1.54, 1.807) is 7.11 Å². The Bertz CT molecular complexity index is 655. The van der Waals surface area contributed by atoms with E-state index in [1.807, 2.05) is 70.2 Å². The molecule has 0 aromatic heterocycles. The second-order valence-electron chi connectivity index (χ2n) is 5.91. The molecule has 2 aromatic carbocycles. The largest absolute Gasteiger partial charge is 0.496 e. The van der Waals surface area contributed by atoms with E-state index in [9.17, 15) is 4.79 Å². The monoisotopic (exact) mass is 282 g/mol. The average molecular weight is 282 g/mol. The van der Waals surface area contributed by atoms with E-state index in [0.29, 0.717) is 11.3 Å². The number of carbonyl (C=O) groups is 1. The second-order valence-corrected chi connectivity index (χ2v) is 5.91. The predicted molar refractivity (Wildman–Crippen MR) is 86.3 cm³/mol. The van der Waals surface area contributed by atoms with Gasteiger partial charge in [0.1, 0.15) is 5.75 Å². The summed E-state index contributed by atoms with van der Waals surface area (Å²) in [6, 6.07) is 13.7. The summed E-state index contributed by atoms with van der Waals surface area (Å²) >= 11 is 0. The minimum absolute atomic E-state index is 0.0775. The highest BCUT2D eigenvalue weighted by Crippen LogP contribution is 2.34. The number of Topliss-reactive ketones (excluding diaryl/α,β-unsaturated/α-hetero) is 1. The van der Waals surface area contributed by atoms with Crippen molar-refractivity contribution in [3.8, 4) is 5.75 Å². The highest BCUT2D eigenvalue weighted by molar-refractivity contribution is 6.06. The van der Waals surface area contributed by atoms with Crippen LogP contribution in [0, 0.1) is 13.8 Å². The van der Waals surface area contributed by atoms with Crippen LogP contribution < -0.4 is 4.74 Å². The van der Waals surface area contributed by atoms with Gasteiger partial charge in [-0.05, 0) is 50.5 Å². The van der Waals surface area contributed by atoms with Crippen molar-refractivity contribution in [1.29, 1.82) is 0 Å². The van der Waals surface area contributed by atoms with E-state index in [0.717, 1.165) is 16.7 Å². The van der Waals surface area contributed by atoms with Crippen LogP contribution in [0.5, 0.6) is 5.75 Å².